The van der Waals surface area contributed by atoms with Gasteiger partial charge in [0, 0.05) is 16.5 Å². The Hall–Kier alpha value is -0.670. The van der Waals surface area contributed by atoms with Crippen molar-refractivity contribution < 1.29 is 0 Å². The van der Waals surface area contributed by atoms with Gasteiger partial charge in [-0.05, 0) is 43.0 Å². The number of halogens is 1. The smallest absolute Gasteiger partial charge is 0.161 e. The maximum atomic E-state index is 5.86. The number of nitrogens with one attached hydrogen (secondary N) is 1. The van der Waals surface area contributed by atoms with Gasteiger partial charge in [-0.3, -0.25) is 4.99 Å². The van der Waals surface area contributed by atoms with E-state index in [0.29, 0.717) is 6.04 Å². The molecule has 1 aromatic carbocycles. The number of rotatable bonds is 1. The van der Waals surface area contributed by atoms with Crippen molar-refractivity contribution in [2.45, 2.75) is 25.3 Å². The summed E-state index contributed by atoms with van der Waals surface area (Å²) < 4.78 is 0. The van der Waals surface area contributed by atoms with Gasteiger partial charge in [-0.15, -0.1) is 0 Å². The van der Waals surface area contributed by atoms with E-state index in [1.807, 2.05) is 36.0 Å². The van der Waals surface area contributed by atoms with E-state index in [2.05, 4.69) is 5.32 Å². The number of benzene rings is 1. The Morgan fingerprint density at radius 2 is 2.06 bits per heavy atom. The molecular weight excluding hydrogens is 252 g/mol. The van der Waals surface area contributed by atoms with Gasteiger partial charge in [-0.2, -0.15) is 0 Å². The maximum Gasteiger partial charge on any atom is 0.161 e. The normalized spacial score (nSPS) is 27.5. The first-order valence-corrected chi connectivity index (χ1v) is 7.41. The minimum atomic E-state index is 0.561. The average molecular weight is 267 g/mol. The molecule has 1 aliphatic carbocycles. The molecule has 0 bridgehead atoms. The highest BCUT2D eigenvalue weighted by Crippen LogP contribution is 2.35. The fraction of sp³-hybridized carbons (Fsp3) is 0.462. The van der Waals surface area contributed by atoms with E-state index in [4.69, 9.17) is 16.6 Å². The van der Waals surface area contributed by atoms with E-state index >= 15 is 0 Å². The number of anilines is 1. The van der Waals surface area contributed by atoms with Gasteiger partial charge in [0.1, 0.15) is 0 Å². The Labute approximate surface area is 111 Å². The van der Waals surface area contributed by atoms with Gasteiger partial charge < -0.3 is 5.32 Å². The predicted molar refractivity (Wildman–Crippen MR) is 76.1 cm³/mol. The molecule has 0 saturated heterocycles. The van der Waals surface area contributed by atoms with Crippen molar-refractivity contribution in [2.24, 2.45) is 10.9 Å². The third kappa shape index (κ3) is 2.61. The molecule has 2 unspecified atom stereocenters. The number of hydrogen-bond donors (Lipinski definition) is 1. The van der Waals surface area contributed by atoms with E-state index in [1.165, 1.54) is 25.0 Å². The second-order valence-electron chi connectivity index (χ2n) is 4.64. The fourth-order valence-corrected chi connectivity index (χ4v) is 3.77. The molecule has 1 heterocycles. The molecule has 1 N–H and O–H groups in total. The Morgan fingerprint density at radius 3 is 2.88 bits per heavy atom. The van der Waals surface area contributed by atoms with Crippen LogP contribution < -0.4 is 5.32 Å². The first-order valence-electron chi connectivity index (χ1n) is 6.04. The fourth-order valence-electron chi connectivity index (χ4n) is 2.48. The maximum absolute atomic E-state index is 5.86. The summed E-state index contributed by atoms with van der Waals surface area (Å²) in [5, 5.41) is 5.21. The summed E-state index contributed by atoms with van der Waals surface area (Å²) in [6.07, 6.45) is 3.96. The number of fused-ring (bicyclic) bond motifs is 1. The Kier molecular flexibility index (Phi) is 3.30. The van der Waals surface area contributed by atoms with Gasteiger partial charge in [0.2, 0.25) is 0 Å². The largest absolute Gasteiger partial charge is 0.335 e. The van der Waals surface area contributed by atoms with Gasteiger partial charge in [-0.1, -0.05) is 29.8 Å². The highest BCUT2D eigenvalue weighted by Gasteiger charge is 2.30. The van der Waals surface area contributed by atoms with Crippen LogP contribution in [-0.4, -0.2) is 17.0 Å². The van der Waals surface area contributed by atoms with Crippen molar-refractivity contribution in [3.8, 4) is 0 Å². The van der Waals surface area contributed by atoms with Crippen LogP contribution in [0, 0.1) is 5.92 Å². The molecule has 2 aliphatic rings. The molecule has 0 radical (unpaired) electrons. The third-order valence-electron chi connectivity index (χ3n) is 3.43. The minimum absolute atomic E-state index is 0.561. The van der Waals surface area contributed by atoms with Crippen LogP contribution in [0.3, 0.4) is 0 Å². The van der Waals surface area contributed by atoms with Gasteiger partial charge in [-0.25, -0.2) is 0 Å². The minimum Gasteiger partial charge on any atom is -0.335 e. The van der Waals surface area contributed by atoms with Crippen LogP contribution in [0.2, 0.25) is 5.02 Å². The van der Waals surface area contributed by atoms with Crippen molar-refractivity contribution >= 4 is 34.2 Å². The summed E-state index contributed by atoms with van der Waals surface area (Å²) >= 11 is 7.71. The second-order valence-corrected chi connectivity index (χ2v) is 6.08. The number of thioether (sulfide) groups is 1. The summed E-state index contributed by atoms with van der Waals surface area (Å²) in [6.45, 7) is 0. The SMILES string of the molecule is Clc1ccc(NC2=NC3CCCC3CS2)cc1. The Morgan fingerprint density at radius 1 is 1.24 bits per heavy atom. The lowest BCUT2D eigenvalue weighted by atomic mass is 10.1. The monoisotopic (exact) mass is 266 g/mol. The van der Waals surface area contributed by atoms with Crippen LogP contribution in [0.4, 0.5) is 5.69 Å². The zero-order chi connectivity index (χ0) is 11.7. The predicted octanol–water partition coefficient (Wildman–Crippen LogP) is 4.02. The van der Waals surface area contributed by atoms with E-state index in [1.54, 1.807) is 0 Å². The summed E-state index contributed by atoms with van der Waals surface area (Å²) in [6, 6.07) is 8.34. The zero-order valence-electron chi connectivity index (χ0n) is 9.53. The summed E-state index contributed by atoms with van der Waals surface area (Å²) in [4.78, 5) is 4.80. The van der Waals surface area contributed by atoms with Crippen molar-refractivity contribution in [1.82, 2.24) is 0 Å². The molecule has 0 aromatic heterocycles. The molecule has 3 rings (SSSR count). The number of hydrogen-bond acceptors (Lipinski definition) is 3. The van der Waals surface area contributed by atoms with Crippen LogP contribution in [0.5, 0.6) is 0 Å². The van der Waals surface area contributed by atoms with Crippen LogP contribution in [-0.2, 0) is 0 Å². The van der Waals surface area contributed by atoms with Crippen molar-refractivity contribution in [3.05, 3.63) is 29.3 Å². The highest BCUT2D eigenvalue weighted by atomic mass is 35.5. The molecule has 2 nitrogen and oxygen atoms in total. The van der Waals surface area contributed by atoms with Crippen LogP contribution in [0.15, 0.2) is 29.3 Å². The molecule has 1 aliphatic heterocycles. The lowest BCUT2D eigenvalue weighted by molar-refractivity contribution is 0.535. The molecule has 90 valence electrons. The van der Waals surface area contributed by atoms with Gasteiger partial charge in [0.25, 0.3) is 0 Å². The lowest BCUT2D eigenvalue weighted by Crippen LogP contribution is -2.25. The number of amidine groups is 1. The molecular formula is C13H15ClN2S. The third-order valence-corrected chi connectivity index (χ3v) is 4.76. The average Bonchev–Trinajstić information content (AvgIpc) is 2.79. The summed E-state index contributed by atoms with van der Waals surface area (Å²) in [5.41, 5.74) is 1.07. The highest BCUT2D eigenvalue weighted by molar-refractivity contribution is 8.14. The Bertz CT molecular complexity index is 430. The van der Waals surface area contributed by atoms with Crippen LogP contribution >= 0.6 is 23.4 Å². The molecule has 1 saturated carbocycles. The summed E-state index contributed by atoms with van der Waals surface area (Å²) in [7, 11) is 0. The number of aliphatic imine (C=N–C) groups is 1. The first kappa shape index (κ1) is 11.4. The first-order chi connectivity index (χ1) is 8.31. The van der Waals surface area contributed by atoms with Crippen molar-refractivity contribution in [3.63, 3.8) is 0 Å². The van der Waals surface area contributed by atoms with Gasteiger partial charge in [0.15, 0.2) is 5.17 Å². The van der Waals surface area contributed by atoms with Gasteiger partial charge >= 0.3 is 0 Å². The molecule has 1 fully saturated rings. The van der Waals surface area contributed by atoms with Crippen molar-refractivity contribution in [1.29, 1.82) is 0 Å². The molecule has 0 spiro atoms. The second kappa shape index (κ2) is 4.91. The molecule has 4 heteroatoms. The van der Waals surface area contributed by atoms with Crippen molar-refractivity contribution in [2.75, 3.05) is 11.1 Å². The lowest BCUT2D eigenvalue weighted by Gasteiger charge is -2.23. The molecule has 0 amide bonds. The van der Waals surface area contributed by atoms with E-state index in [9.17, 15) is 0 Å². The molecule has 2 atom stereocenters. The van der Waals surface area contributed by atoms with Crippen LogP contribution in [0.1, 0.15) is 19.3 Å². The standard InChI is InChI=1S/C13H15ClN2S/c14-10-4-6-11(7-5-10)15-13-16-12-3-1-2-9(12)8-17-13/h4-7,9,12H,1-3,8H2,(H,15,16). The Balaban J connectivity index is 1.71. The van der Waals surface area contributed by atoms with E-state index in [0.717, 1.165) is 21.8 Å². The molecule has 17 heavy (non-hydrogen) atoms. The quantitative estimate of drug-likeness (QED) is 0.830. The summed E-state index contributed by atoms with van der Waals surface area (Å²) in [5.74, 6) is 2.03. The van der Waals surface area contributed by atoms with E-state index in [-0.39, 0.29) is 0 Å². The zero-order valence-corrected chi connectivity index (χ0v) is 11.1. The van der Waals surface area contributed by atoms with Gasteiger partial charge in [0.05, 0.1) is 6.04 Å². The topological polar surface area (TPSA) is 24.4 Å². The number of nitrogens with zero attached hydrogens (tertiary/aromatic N) is 1. The molecule has 1 aromatic rings. The van der Waals surface area contributed by atoms with Crippen LogP contribution in [0.25, 0.3) is 0 Å². The van der Waals surface area contributed by atoms with E-state index < -0.39 is 0 Å².